The van der Waals surface area contributed by atoms with E-state index in [1.807, 2.05) is 56.3 Å². The van der Waals surface area contributed by atoms with Crippen LogP contribution in [0.3, 0.4) is 0 Å². The average molecular weight is 343 g/mol. The molecule has 0 bridgehead atoms. The molecule has 5 nitrogen and oxygen atoms in total. The van der Waals surface area contributed by atoms with Crippen molar-refractivity contribution in [2.75, 3.05) is 21.3 Å². The molecule has 0 saturated carbocycles. The lowest BCUT2D eigenvalue weighted by molar-refractivity contribution is -0.122. The van der Waals surface area contributed by atoms with E-state index < -0.39 is 5.54 Å². The SMILES string of the molecule is COc1ccc(CC(=O)NC(C)(C)c2ccc(OC)c(OC)c2)cc1. The summed E-state index contributed by atoms with van der Waals surface area (Å²) in [5, 5.41) is 3.07. The molecule has 1 N–H and O–H groups in total. The Labute approximate surface area is 148 Å². The zero-order valence-corrected chi connectivity index (χ0v) is 15.4. The van der Waals surface area contributed by atoms with Crippen molar-refractivity contribution in [3.63, 3.8) is 0 Å². The fraction of sp³-hybridized carbons (Fsp3) is 0.350. The number of hydrogen-bond donors (Lipinski definition) is 1. The van der Waals surface area contributed by atoms with Gasteiger partial charge in [-0.05, 0) is 49.2 Å². The second kappa shape index (κ2) is 7.92. The number of amides is 1. The summed E-state index contributed by atoms with van der Waals surface area (Å²) in [6, 6.07) is 13.1. The van der Waals surface area contributed by atoms with E-state index in [1.165, 1.54) is 0 Å². The molecule has 2 aromatic carbocycles. The van der Waals surface area contributed by atoms with Gasteiger partial charge in [0.2, 0.25) is 5.91 Å². The molecule has 2 rings (SSSR count). The van der Waals surface area contributed by atoms with Gasteiger partial charge in [-0.3, -0.25) is 4.79 Å². The van der Waals surface area contributed by atoms with Crippen LogP contribution in [0.2, 0.25) is 0 Å². The minimum atomic E-state index is -0.539. The first-order valence-electron chi connectivity index (χ1n) is 8.06. The first-order chi connectivity index (χ1) is 11.9. The third-order valence-corrected chi connectivity index (χ3v) is 4.08. The molecule has 0 heterocycles. The number of carbonyl (C=O) groups excluding carboxylic acids is 1. The molecule has 0 aliphatic carbocycles. The van der Waals surface area contributed by atoms with Gasteiger partial charge in [-0.15, -0.1) is 0 Å². The van der Waals surface area contributed by atoms with E-state index in [2.05, 4.69) is 5.32 Å². The molecule has 0 aliphatic heterocycles. The second-order valence-electron chi connectivity index (χ2n) is 6.27. The van der Waals surface area contributed by atoms with Gasteiger partial charge in [0.15, 0.2) is 11.5 Å². The summed E-state index contributed by atoms with van der Waals surface area (Å²) in [7, 11) is 4.81. The topological polar surface area (TPSA) is 56.8 Å². The van der Waals surface area contributed by atoms with E-state index >= 15 is 0 Å². The molecule has 0 spiro atoms. The van der Waals surface area contributed by atoms with E-state index in [4.69, 9.17) is 14.2 Å². The molecule has 0 aromatic heterocycles. The maximum Gasteiger partial charge on any atom is 0.225 e. The lowest BCUT2D eigenvalue weighted by atomic mass is 9.93. The molecule has 5 heteroatoms. The van der Waals surface area contributed by atoms with E-state index in [0.29, 0.717) is 17.9 Å². The van der Waals surface area contributed by atoms with Gasteiger partial charge in [0.05, 0.1) is 33.3 Å². The number of rotatable bonds is 7. The van der Waals surface area contributed by atoms with Crippen molar-refractivity contribution in [2.45, 2.75) is 25.8 Å². The molecule has 0 fully saturated rings. The normalized spacial score (nSPS) is 10.9. The molecule has 0 atom stereocenters. The van der Waals surface area contributed by atoms with Crippen LogP contribution in [0.4, 0.5) is 0 Å². The number of carbonyl (C=O) groups is 1. The van der Waals surface area contributed by atoms with E-state index in [9.17, 15) is 4.79 Å². The Hall–Kier alpha value is -2.69. The monoisotopic (exact) mass is 343 g/mol. The highest BCUT2D eigenvalue weighted by Crippen LogP contribution is 2.32. The standard InChI is InChI=1S/C20H25NO4/c1-20(2,15-8-11-17(24-4)18(13-15)25-5)21-19(22)12-14-6-9-16(23-3)10-7-14/h6-11,13H,12H2,1-5H3,(H,21,22). The van der Waals surface area contributed by atoms with E-state index in [1.54, 1.807) is 21.3 Å². The van der Waals surface area contributed by atoms with Crippen molar-refractivity contribution in [3.8, 4) is 17.2 Å². The smallest absolute Gasteiger partial charge is 0.225 e. The minimum Gasteiger partial charge on any atom is -0.497 e. The second-order valence-corrected chi connectivity index (χ2v) is 6.27. The highest BCUT2D eigenvalue weighted by atomic mass is 16.5. The lowest BCUT2D eigenvalue weighted by Gasteiger charge is -2.27. The molecule has 0 radical (unpaired) electrons. The highest BCUT2D eigenvalue weighted by Gasteiger charge is 2.24. The Bertz CT molecular complexity index is 723. The summed E-state index contributed by atoms with van der Waals surface area (Å²) in [6.45, 7) is 3.92. The fourth-order valence-electron chi connectivity index (χ4n) is 2.62. The van der Waals surface area contributed by atoms with E-state index in [0.717, 1.165) is 16.9 Å². The van der Waals surface area contributed by atoms with Crippen molar-refractivity contribution in [1.82, 2.24) is 5.32 Å². The molecule has 0 unspecified atom stereocenters. The summed E-state index contributed by atoms with van der Waals surface area (Å²) in [4.78, 5) is 12.4. The Morgan fingerprint density at radius 1 is 0.920 bits per heavy atom. The molecule has 25 heavy (non-hydrogen) atoms. The Balaban J connectivity index is 2.09. The van der Waals surface area contributed by atoms with E-state index in [-0.39, 0.29) is 5.91 Å². The van der Waals surface area contributed by atoms with Gasteiger partial charge in [0.1, 0.15) is 5.75 Å². The fourth-order valence-corrected chi connectivity index (χ4v) is 2.62. The van der Waals surface area contributed by atoms with Gasteiger partial charge >= 0.3 is 0 Å². The predicted molar refractivity (Wildman–Crippen MR) is 97.4 cm³/mol. The van der Waals surface area contributed by atoms with Gasteiger partial charge in [-0.2, -0.15) is 0 Å². The number of ether oxygens (including phenoxy) is 3. The third kappa shape index (κ3) is 4.66. The minimum absolute atomic E-state index is 0.0510. The van der Waals surface area contributed by atoms with Crippen LogP contribution in [0.1, 0.15) is 25.0 Å². The van der Waals surface area contributed by atoms with Gasteiger partial charge < -0.3 is 19.5 Å². The average Bonchev–Trinajstić information content (AvgIpc) is 2.61. The highest BCUT2D eigenvalue weighted by molar-refractivity contribution is 5.79. The largest absolute Gasteiger partial charge is 0.497 e. The lowest BCUT2D eigenvalue weighted by Crippen LogP contribution is -2.41. The summed E-state index contributed by atoms with van der Waals surface area (Å²) in [5.41, 5.74) is 1.33. The van der Waals surface area contributed by atoms with Gasteiger partial charge in [0, 0.05) is 0 Å². The molecule has 2 aromatic rings. The zero-order chi connectivity index (χ0) is 18.4. The molecule has 0 saturated heterocycles. The maximum atomic E-state index is 12.4. The van der Waals surface area contributed by atoms with Gasteiger partial charge in [-0.1, -0.05) is 18.2 Å². The Morgan fingerprint density at radius 2 is 1.56 bits per heavy atom. The third-order valence-electron chi connectivity index (χ3n) is 4.08. The summed E-state index contributed by atoms with van der Waals surface area (Å²) < 4.78 is 15.7. The van der Waals surface area contributed by atoms with Crippen LogP contribution in [0.25, 0.3) is 0 Å². The first-order valence-corrected chi connectivity index (χ1v) is 8.06. The number of methoxy groups -OCH3 is 3. The Kier molecular flexibility index (Phi) is 5.91. The van der Waals surface area contributed by atoms with Crippen LogP contribution in [0.15, 0.2) is 42.5 Å². The molecule has 0 aliphatic rings. The van der Waals surface area contributed by atoms with Crippen molar-refractivity contribution in [1.29, 1.82) is 0 Å². The first kappa shape index (κ1) is 18.6. The quantitative estimate of drug-likeness (QED) is 0.838. The molecular weight excluding hydrogens is 318 g/mol. The van der Waals surface area contributed by atoms with Crippen molar-refractivity contribution in [2.24, 2.45) is 0 Å². The van der Waals surface area contributed by atoms with Crippen LogP contribution < -0.4 is 19.5 Å². The molecule has 134 valence electrons. The molecular formula is C20H25NO4. The zero-order valence-electron chi connectivity index (χ0n) is 15.4. The molecule has 1 amide bonds. The summed E-state index contributed by atoms with van der Waals surface area (Å²) in [5.74, 6) is 2.02. The number of benzene rings is 2. The maximum absolute atomic E-state index is 12.4. The van der Waals surface area contributed by atoms with Crippen LogP contribution in [-0.2, 0) is 16.8 Å². The van der Waals surface area contributed by atoms with Crippen LogP contribution in [0.5, 0.6) is 17.2 Å². The summed E-state index contributed by atoms with van der Waals surface area (Å²) >= 11 is 0. The van der Waals surface area contributed by atoms with Crippen LogP contribution >= 0.6 is 0 Å². The van der Waals surface area contributed by atoms with Crippen LogP contribution in [-0.4, -0.2) is 27.2 Å². The van der Waals surface area contributed by atoms with Gasteiger partial charge in [0.25, 0.3) is 0 Å². The van der Waals surface area contributed by atoms with Crippen molar-refractivity contribution >= 4 is 5.91 Å². The van der Waals surface area contributed by atoms with Crippen molar-refractivity contribution in [3.05, 3.63) is 53.6 Å². The van der Waals surface area contributed by atoms with Crippen LogP contribution in [0, 0.1) is 0 Å². The van der Waals surface area contributed by atoms with Gasteiger partial charge in [-0.25, -0.2) is 0 Å². The Morgan fingerprint density at radius 3 is 2.12 bits per heavy atom. The van der Waals surface area contributed by atoms with Crippen molar-refractivity contribution < 1.29 is 19.0 Å². The number of hydrogen-bond acceptors (Lipinski definition) is 4. The predicted octanol–water partition coefficient (Wildman–Crippen LogP) is 3.31. The summed E-state index contributed by atoms with van der Waals surface area (Å²) in [6.07, 6.45) is 0.306. The number of nitrogens with one attached hydrogen (secondary N) is 1.